The van der Waals surface area contributed by atoms with E-state index in [2.05, 4.69) is 157 Å². The second-order valence-electron chi connectivity index (χ2n) is 10.4. The summed E-state index contributed by atoms with van der Waals surface area (Å²) in [5.41, 5.74) is 9.34. The summed E-state index contributed by atoms with van der Waals surface area (Å²) in [6.07, 6.45) is 8.59. The first-order valence-corrected chi connectivity index (χ1v) is 13.6. The van der Waals surface area contributed by atoms with Gasteiger partial charge in [-0.2, -0.15) is 0 Å². The molecule has 2 heteroatoms. The molecule has 186 valence electrons. The number of nitrogens with zero attached hydrogens (tertiary/aromatic N) is 1. The van der Waals surface area contributed by atoms with Crippen LogP contribution in [0.2, 0.25) is 0 Å². The molecule has 2 atom stereocenters. The molecule has 0 saturated carbocycles. The minimum Gasteiger partial charge on any atom is -0.481 e. The Balaban J connectivity index is 1.47. The minimum atomic E-state index is -0.441. The standard InChI is InChI=1S/C37H27NO/c1-4-14-26(15-5-1)37(27-16-6-2-7-17-27)30-21-11-10-20-29(30)35-31(37)24-25-33-36(35)39-34-23-13-12-22-32(34)38(33)28-18-8-3-9-19-28/h1-25,32,34H. The van der Waals surface area contributed by atoms with Crippen LogP contribution >= 0.6 is 0 Å². The van der Waals surface area contributed by atoms with Crippen molar-refractivity contribution in [2.24, 2.45) is 0 Å². The molecule has 5 aromatic rings. The molecule has 0 bridgehead atoms. The summed E-state index contributed by atoms with van der Waals surface area (Å²) in [6.45, 7) is 0. The van der Waals surface area contributed by atoms with E-state index in [1.807, 2.05) is 0 Å². The number of allylic oxidation sites excluding steroid dienone is 2. The number of para-hydroxylation sites is 1. The fourth-order valence-corrected chi connectivity index (χ4v) is 6.91. The Hall–Kier alpha value is -4.82. The van der Waals surface area contributed by atoms with Gasteiger partial charge in [0.2, 0.25) is 0 Å². The maximum atomic E-state index is 6.97. The second-order valence-corrected chi connectivity index (χ2v) is 10.4. The van der Waals surface area contributed by atoms with Crippen LogP contribution in [0.5, 0.6) is 5.75 Å². The van der Waals surface area contributed by atoms with E-state index in [-0.39, 0.29) is 12.1 Å². The van der Waals surface area contributed by atoms with Gasteiger partial charge in [0.1, 0.15) is 6.10 Å². The Kier molecular flexibility index (Phi) is 4.90. The predicted molar refractivity (Wildman–Crippen MR) is 159 cm³/mol. The summed E-state index contributed by atoms with van der Waals surface area (Å²) in [7, 11) is 0. The van der Waals surface area contributed by atoms with Gasteiger partial charge < -0.3 is 9.64 Å². The highest BCUT2D eigenvalue weighted by atomic mass is 16.5. The Morgan fingerprint density at radius 1 is 0.564 bits per heavy atom. The van der Waals surface area contributed by atoms with Gasteiger partial charge in [0.15, 0.2) is 5.75 Å². The van der Waals surface area contributed by atoms with Crippen LogP contribution in [0.1, 0.15) is 22.3 Å². The lowest BCUT2D eigenvalue weighted by Crippen LogP contribution is -2.46. The highest BCUT2D eigenvalue weighted by Crippen LogP contribution is 2.61. The molecule has 3 aliphatic rings. The van der Waals surface area contributed by atoms with Crippen molar-refractivity contribution < 1.29 is 4.74 Å². The van der Waals surface area contributed by atoms with E-state index < -0.39 is 5.41 Å². The fraction of sp³-hybridized carbons (Fsp3) is 0.0811. The van der Waals surface area contributed by atoms with Gasteiger partial charge in [0.25, 0.3) is 0 Å². The van der Waals surface area contributed by atoms with E-state index in [0.29, 0.717) is 0 Å². The summed E-state index contributed by atoms with van der Waals surface area (Å²) >= 11 is 0. The van der Waals surface area contributed by atoms with Crippen molar-refractivity contribution in [1.29, 1.82) is 0 Å². The smallest absolute Gasteiger partial charge is 0.152 e. The predicted octanol–water partition coefficient (Wildman–Crippen LogP) is 8.44. The van der Waals surface area contributed by atoms with Gasteiger partial charge in [0, 0.05) is 11.3 Å². The van der Waals surface area contributed by atoms with Crippen LogP contribution in [0.25, 0.3) is 11.1 Å². The summed E-state index contributed by atoms with van der Waals surface area (Å²) in [5, 5.41) is 0. The average molecular weight is 502 g/mol. The molecule has 2 aliphatic carbocycles. The van der Waals surface area contributed by atoms with Crippen molar-refractivity contribution in [1.82, 2.24) is 0 Å². The van der Waals surface area contributed by atoms with Crippen LogP contribution in [0.4, 0.5) is 11.4 Å². The lowest BCUT2D eigenvalue weighted by Gasteiger charge is -2.43. The molecule has 0 radical (unpaired) electrons. The average Bonchev–Trinajstić information content (AvgIpc) is 3.33. The molecule has 1 aliphatic heterocycles. The van der Waals surface area contributed by atoms with Crippen molar-refractivity contribution in [2.75, 3.05) is 4.90 Å². The first-order chi connectivity index (χ1) is 19.4. The molecular formula is C37H27NO. The van der Waals surface area contributed by atoms with Crippen molar-refractivity contribution in [3.05, 3.63) is 174 Å². The first kappa shape index (κ1) is 22.2. The molecule has 2 nitrogen and oxygen atoms in total. The van der Waals surface area contributed by atoms with Crippen molar-refractivity contribution in [2.45, 2.75) is 17.6 Å². The number of fused-ring (bicyclic) bond motifs is 6. The van der Waals surface area contributed by atoms with E-state index >= 15 is 0 Å². The summed E-state index contributed by atoms with van der Waals surface area (Å²) < 4.78 is 6.97. The largest absolute Gasteiger partial charge is 0.481 e. The molecule has 0 saturated heterocycles. The van der Waals surface area contributed by atoms with Gasteiger partial charge in [-0.1, -0.05) is 127 Å². The molecule has 0 aromatic heterocycles. The third-order valence-electron chi connectivity index (χ3n) is 8.46. The first-order valence-electron chi connectivity index (χ1n) is 13.6. The van der Waals surface area contributed by atoms with Crippen molar-refractivity contribution in [3.8, 4) is 16.9 Å². The zero-order chi connectivity index (χ0) is 25.8. The molecule has 0 spiro atoms. The number of hydrogen-bond acceptors (Lipinski definition) is 2. The van der Waals surface area contributed by atoms with Gasteiger partial charge in [-0.15, -0.1) is 0 Å². The summed E-state index contributed by atoms with van der Waals surface area (Å²) in [5.74, 6) is 0.957. The number of anilines is 2. The van der Waals surface area contributed by atoms with Crippen LogP contribution in [0.15, 0.2) is 152 Å². The fourth-order valence-electron chi connectivity index (χ4n) is 6.91. The number of ether oxygens (including phenoxy) is 1. The minimum absolute atomic E-state index is 0.0789. The zero-order valence-electron chi connectivity index (χ0n) is 21.4. The molecule has 0 fully saturated rings. The SMILES string of the molecule is C1=CC2Oc3c(ccc4c3-c3ccccc3C4(c3ccccc3)c3ccccc3)N(c3ccccc3)C2C=C1. The number of hydrogen-bond donors (Lipinski definition) is 0. The zero-order valence-corrected chi connectivity index (χ0v) is 21.4. The van der Waals surface area contributed by atoms with E-state index in [0.717, 1.165) is 11.4 Å². The van der Waals surface area contributed by atoms with E-state index in [1.54, 1.807) is 0 Å². The highest BCUT2D eigenvalue weighted by Gasteiger charge is 2.49. The third kappa shape index (κ3) is 3.09. The quantitative estimate of drug-likeness (QED) is 0.241. The highest BCUT2D eigenvalue weighted by molar-refractivity contribution is 5.94. The van der Waals surface area contributed by atoms with Crippen LogP contribution in [-0.4, -0.2) is 12.1 Å². The van der Waals surface area contributed by atoms with E-state index in [9.17, 15) is 0 Å². The lowest BCUT2D eigenvalue weighted by atomic mass is 9.67. The van der Waals surface area contributed by atoms with Crippen LogP contribution < -0.4 is 9.64 Å². The monoisotopic (exact) mass is 501 g/mol. The Labute approximate surface area is 229 Å². The van der Waals surface area contributed by atoms with Gasteiger partial charge in [0.05, 0.1) is 17.1 Å². The van der Waals surface area contributed by atoms with Gasteiger partial charge in [-0.3, -0.25) is 0 Å². The van der Waals surface area contributed by atoms with Gasteiger partial charge in [-0.05, 0) is 52.1 Å². The molecule has 5 aromatic carbocycles. The van der Waals surface area contributed by atoms with Crippen molar-refractivity contribution in [3.63, 3.8) is 0 Å². The summed E-state index contributed by atoms with van der Waals surface area (Å²) in [4.78, 5) is 2.44. The topological polar surface area (TPSA) is 12.5 Å². The van der Waals surface area contributed by atoms with Gasteiger partial charge >= 0.3 is 0 Å². The Morgan fingerprint density at radius 3 is 1.90 bits per heavy atom. The van der Waals surface area contributed by atoms with Crippen LogP contribution in [0.3, 0.4) is 0 Å². The molecular weight excluding hydrogens is 474 g/mol. The van der Waals surface area contributed by atoms with Crippen LogP contribution in [-0.2, 0) is 5.41 Å². The molecule has 0 amide bonds. The summed E-state index contributed by atoms with van der Waals surface area (Å²) in [6, 6.07) is 46.1. The normalized spacial score (nSPS) is 19.4. The number of benzene rings is 5. The molecule has 39 heavy (non-hydrogen) atoms. The van der Waals surface area contributed by atoms with Crippen molar-refractivity contribution >= 4 is 11.4 Å². The third-order valence-corrected chi connectivity index (χ3v) is 8.46. The molecule has 8 rings (SSSR count). The Morgan fingerprint density at radius 2 is 1.18 bits per heavy atom. The molecule has 0 N–H and O–H groups in total. The maximum Gasteiger partial charge on any atom is 0.152 e. The lowest BCUT2D eigenvalue weighted by molar-refractivity contribution is 0.219. The molecule has 2 unspecified atom stereocenters. The van der Waals surface area contributed by atoms with E-state index in [4.69, 9.17) is 4.74 Å². The van der Waals surface area contributed by atoms with Gasteiger partial charge in [-0.25, -0.2) is 0 Å². The maximum absolute atomic E-state index is 6.97. The molecule has 1 heterocycles. The number of rotatable bonds is 3. The van der Waals surface area contributed by atoms with E-state index in [1.165, 1.54) is 39.1 Å². The Bertz CT molecular complexity index is 1700. The second kappa shape index (κ2) is 8.61. The van der Waals surface area contributed by atoms with Crippen LogP contribution in [0, 0.1) is 0 Å².